The van der Waals surface area contributed by atoms with Crippen molar-refractivity contribution in [2.24, 2.45) is 0 Å². The fourth-order valence-electron chi connectivity index (χ4n) is 1.44. The number of unbranched alkanes of at least 4 members (excludes halogenated alkanes) is 5. The molecule has 0 N–H and O–H groups in total. The molecule has 1 heterocycles. The number of aryl methyl sites for hydroxylation is 1. The quantitative estimate of drug-likeness (QED) is 0.694. The predicted molar refractivity (Wildman–Crippen MR) is 64.8 cm³/mol. The zero-order chi connectivity index (χ0) is 11.1. The zero-order valence-electron chi connectivity index (χ0n) is 9.04. The van der Waals surface area contributed by atoms with E-state index in [1.807, 2.05) is 0 Å². The average Bonchev–Trinajstić information content (AvgIpc) is 2.54. The average molecular weight is 249 g/mol. The summed E-state index contributed by atoms with van der Waals surface area (Å²) in [6.07, 6.45) is 7.37. The van der Waals surface area contributed by atoms with Crippen LogP contribution in [-0.4, -0.2) is 8.33 Å². The molecule has 0 unspecified atom stereocenters. The third-order valence-corrected chi connectivity index (χ3v) is 3.49. The standard InChI is InChI=1S/C10H17ClN2OS/c1-2-3-4-5-6-7-8-13-10(14)9(11)12-15-13/h2-8H2,1H3. The van der Waals surface area contributed by atoms with Gasteiger partial charge in [0.25, 0.3) is 5.56 Å². The predicted octanol–water partition coefficient (Wildman–Crippen LogP) is 3.32. The monoisotopic (exact) mass is 248 g/mol. The van der Waals surface area contributed by atoms with Gasteiger partial charge in [0.15, 0.2) is 0 Å². The Morgan fingerprint density at radius 3 is 2.53 bits per heavy atom. The van der Waals surface area contributed by atoms with Crippen molar-refractivity contribution in [3.05, 3.63) is 15.5 Å². The van der Waals surface area contributed by atoms with Crippen molar-refractivity contribution in [2.45, 2.75) is 52.0 Å². The summed E-state index contributed by atoms with van der Waals surface area (Å²) in [5.74, 6) is 0. The summed E-state index contributed by atoms with van der Waals surface area (Å²) in [5, 5.41) is 0.103. The molecule has 5 heteroatoms. The second kappa shape index (κ2) is 7.01. The smallest absolute Gasteiger partial charge is 0.265 e. The van der Waals surface area contributed by atoms with Crippen LogP contribution in [0.15, 0.2) is 4.79 Å². The van der Waals surface area contributed by atoms with Gasteiger partial charge in [-0.05, 0) is 6.42 Å². The largest absolute Gasteiger partial charge is 0.299 e. The van der Waals surface area contributed by atoms with Crippen LogP contribution in [0.1, 0.15) is 45.4 Å². The first-order chi connectivity index (χ1) is 7.25. The van der Waals surface area contributed by atoms with Crippen molar-refractivity contribution in [1.29, 1.82) is 0 Å². The molecule has 0 aliphatic heterocycles. The molecule has 0 radical (unpaired) electrons. The van der Waals surface area contributed by atoms with Gasteiger partial charge in [0.1, 0.15) is 0 Å². The highest BCUT2D eigenvalue weighted by atomic mass is 35.5. The van der Waals surface area contributed by atoms with E-state index in [0.29, 0.717) is 0 Å². The maximum absolute atomic E-state index is 11.3. The molecule has 0 aromatic carbocycles. The van der Waals surface area contributed by atoms with Gasteiger partial charge in [-0.15, -0.1) is 0 Å². The second-order valence-electron chi connectivity index (χ2n) is 3.64. The molecule has 0 atom stereocenters. The summed E-state index contributed by atoms with van der Waals surface area (Å²) in [6, 6.07) is 0. The number of halogens is 1. The van der Waals surface area contributed by atoms with Crippen LogP contribution in [0.5, 0.6) is 0 Å². The van der Waals surface area contributed by atoms with E-state index in [2.05, 4.69) is 11.3 Å². The molecule has 86 valence electrons. The molecule has 0 aliphatic carbocycles. The fourth-order valence-corrected chi connectivity index (χ4v) is 2.31. The molecule has 0 saturated carbocycles. The first-order valence-corrected chi connectivity index (χ1v) is 6.59. The van der Waals surface area contributed by atoms with E-state index in [-0.39, 0.29) is 10.7 Å². The summed E-state index contributed by atoms with van der Waals surface area (Å²) in [4.78, 5) is 11.3. The van der Waals surface area contributed by atoms with Gasteiger partial charge < -0.3 is 0 Å². The van der Waals surface area contributed by atoms with Crippen molar-refractivity contribution in [3.8, 4) is 0 Å². The van der Waals surface area contributed by atoms with Crippen LogP contribution in [0.2, 0.25) is 5.15 Å². The molecule has 1 aromatic rings. The van der Waals surface area contributed by atoms with Gasteiger partial charge in [-0.3, -0.25) is 4.79 Å². The minimum absolute atomic E-state index is 0.103. The lowest BCUT2D eigenvalue weighted by molar-refractivity contribution is 0.569. The van der Waals surface area contributed by atoms with E-state index in [0.717, 1.165) is 13.0 Å². The highest BCUT2D eigenvalue weighted by Gasteiger charge is 2.04. The van der Waals surface area contributed by atoms with Crippen molar-refractivity contribution in [3.63, 3.8) is 0 Å². The van der Waals surface area contributed by atoms with Crippen LogP contribution in [0.4, 0.5) is 0 Å². The molecule has 3 nitrogen and oxygen atoms in total. The molecule has 1 aromatic heterocycles. The minimum atomic E-state index is -0.143. The maximum Gasteiger partial charge on any atom is 0.299 e. The van der Waals surface area contributed by atoms with Gasteiger partial charge in [-0.2, -0.15) is 4.37 Å². The third-order valence-electron chi connectivity index (χ3n) is 2.34. The summed E-state index contributed by atoms with van der Waals surface area (Å²) >= 11 is 6.74. The maximum atomic E-state index is 11.3. The molecule has 0 bridgehead atoms. The lowest BCUT2D eigenvalue weighted by Gasteiger charge is -2.00. The molecular formula is C10H17ClN2OS. The van der Waals surface area contributed by atoms with E-state index in [4.69, 9.17) is 11.6 Å². The van der Waals surface area contributed by atoms with Crippen molar-refractivity contribution in [2.75, 3.05) is 0 Å². The number of nitrogens with zero attached hydrogens (tertiary/aromatic N) is 2. The molecule has 15 heavy (non-hydrogen) atoms. The van der Waals surface area contributed by atoms with Gasteiger partial charge in [0, 0.05) is 6.54 Å². The molecule has 0 amide bonds. The SMILES string of the molecule is CCCCCCCCn1snc(Cl)c1=O. The van der Waals surface area contributed by atoms with E-state index in [9.17, 15) is 4.79 Å². The van der Waals surface area contributed by atoms with Crippen molar-refractivity contribution in [1.82, 2.24) is 8.33 Å². The number of hydrogen-bond acceptors (Lipinski definition) is 3. The van der Waals surface area contributed by atoms with Crippen LogP contribution in [-0.2, 0) is 6.54 Å². The van der Waals surface area contributed by atoms with Crippen LogP contribution in [0.25, 0.3) is 0 Å². The number of rotatable bonds is 7. The Morgan fingerprint density at radius 2 is 1.93 bits per heavy atom. The van der Waals surface area contributed by atoms with Gasteiger partial charge in [-0.1, -0.05) is 50.6 Å². The molecular weight excluding hydrogens is 232 g/mol. The van der Waals surface area contributed by atoms with Gasteiger partial charge >= 0.3 is 0 Å². The molecule has 1 rings (SSSR count). The van der Waals surface area contributed by atoms with Crippen molar-refractivity contribution >= 4 is 23.3 Å². The lowest BCUT2D eigenvalue weighted by atomic mass is 10.1. The van der Waals surface area contributed by atoms with Crippen LogP contribution in [0, 0.1) is 0 Å². The number of aromatic nitrogens is 2. The van der Waals surface area contributed by atoms with Crippen molar-refractivity contribution < 1.29 is 0 Å². The van der Waals surface area contributed by atoms with Gasteiger partial charge in [0.2, 0.25) is 5.15 Å². The van der Waals surface area contributed by atoms with Crippen LogP contribution >= 0.6 is 23.3 Å². The van der Waals surface area contributed by atoms with Gasteiger partial charge in [0.05, 0.1) is 11.7 Å². The van der Waals surface area contributed by atoms with Gasteiger partial charge in [-0.25, -0.2) is 3.96 Å². The summed E-state index contributed by atoms with van der Waals surface area (Å²) in [5.41, 5.74) is -0.143. The lowest BCUT2D eigenvalue weighted by Crippen LogP contribution is -2.13. The first kappa shape index (κ1) is 12.7. The second-order valence-corrected chi connectivity index (χ2v) is 4.78. The summed E-state index contributed by atoms with van der Waals surface area (Å²) < 4.78 is 5.43. The highest BCUT2D eigenvalue weighted by molar-refractivity contribution is 7.00. The Morgan fingerprint density at radius 1 is 1.27 bits per heavy atom. The van der Waals surface area contributed by atoms with Crippen LogP contribution in [0.3, 0.4) is 0 Å². The fraction of sp³-hybridized carbons (Fsp3) is 0.800. The summed E-state index contributed by atoms with van der Waals surface area (Å²) in [6.45, 7) is 2.97. The Balaban J connectivity index is 2.15. The Labute approximate surface area is 99.4 Å². The Bertz CT molecular complexity index is 334. The summed E-state index contributed by atoms with van der Waals surface area (Å²) in [7, 11) is 0. The molecule has 0 saturated heterocycles. The molecule has 0 fully saturated rings. The third kappa shape index (κ3) is 4.34. The zero-order valence-corrected chi connectivity index (χ0v) is 10.6. The van der Waals surface area contributed by atoms with E-state index in [1.165, 1.54) is 43.8 Å². The first-order valence-electron chi connectivity index (χ1n) is 5.48. The Kier molecular flexibility index (Phi) is 5.95. The number of hydrogen-bond donors (Lipinski definition) is 0. The van der Waals surface area contributed by atoms with E-state index >= 15 is 0 Å². The molecule has 0 spiro atoms. The van der Waals surface area contributed by atoms with Crippen LogP contribution < -0.4 is 5.56 Å². The van der Waals surface area contributed by atoms with E-state index < -0.39 is 0 Å². The Hall–Kier alpha value is -0.350. The minimum Gasteiger partial charge on any atom is -0.265 e. The highest BCUT2D eigenvalue weighted by Crippen LogP contribution is 2.07. The normalized spacial score (nSPS) is 10.8. The van der Waals surface area contributed by atoms with E-state index in [1.54, 1.807) is 3.96 Å². The molecule has 0 aliphatic rings. The topological polar surface area (TPSA) is 34.9 Å².